The van der Waals surface area contributed by atoms with E-state index in [-0.39, 0.29) is 6.04 Å². The molecule has 0 N–H and O–H groups in total. The highest BCUT2D eigenvalue weighted by Gasteiger charge is 2.31. The van der Waals surface area contributed by atoms with Crippen LogP contribution in [0.4, 0.5) is 5.69 Å². The first-order chi connectivity index (χ1) is 8.66. The summed E-state index contributed by atoms with van der Waals surface area (Å²) in [4.78, 5) is 2.34. The van der Waals surface area contributed by atoms with Gasteiger partial charge in [0.15, 0.2) is 0 Å². The molecule has 3 rings (SSSR count). The largest absolute Gasteiger partial charge is 0.423 e. The van der Waals surface area contributed by atoms with Crippen molar-refractivity contribution >= 4 is 5.69 Å². The monoisotopic (exact) mass is 243 g/mol. The van der Waals surface area contributed by atoms with E-state index in [4.69, 9.17) is 4.42 Å². The van der Waals surface area contributed by atoms with Crippen LogP contribution in [-0.2, 0) is 0 Å². The lowest BCUT2D eigenvalue weighted by atomic mass is 10.0. The van der Waals surface area contributed by atoms with Gasteiger partial charge in [0.25, 0.3) is 0 Å². The molecule has 0 unspecified atom stereocenters. The number of nitrogens with zero attached hydrogens (tertiary/aromatic N) is 3. The summed E-state index contributed by atoms with van der Waals surface area (Å²) in [6.07, 6.45) is 0. The standard InChI is InChI=1S/C14H17N3O/c1-9-8-17(13-7-5-4-6-12(9)13)10(2)14-16-15-11(3)18-14/h4-7,9-10H,8H2,1-3H3/t9-,10+/m0/s1. The minimum absolute atomic E-state index is 0.122. The Morgan fingerprint density at radius 2 is 2.11 bits per heavy atom. The van der Waals surface area contributed by atoms with E-state index in [9.17, 15) is 0 Å². The third-order valence-corrected chi connectivity index (χ3v) is 3.61. The molecule has 1 aromatic carbocycles. The van der Waals surface area contributed by atoms with E-state index in [0.717, 1.165) is 6.54 Å². The van der Waals surface area contributed by atoms with Crippen LogP contribution in [-0.4, -0.2) is 16.7 Å². The van der Waals surface area contributed by atoms with Crippen molar-refractivity contribution in [2.45, 2.75) is 32.7 Å². The molecule has 0 amide bonds. The average molecular weight is 243 g/mol. The van der Waals surface area contributed by atoms with Crippen LogP contribution in [0.1, 0.15) is 43.2 Å². The maximum atomic E-state index is 5.54. The zero-order valence-electron chi connectivity index (χ0n) is 10.9. The third-order valence-electron chi connectivity index (χ3n) is 3.61. The van der Waals surface area contributed by atoms with Gasteiger partial charge in [-0.2, -0.15) is 0 Å². The van der Waals surface area contributed by atoms with Crippen molar-refractivity contribution in [1.29, 1.82) is 0 Å². The second-order valence-corrected chi connectivity index (χ2v) is 4.95. The molecule has 2 heterocycles. The van der Waals surface area contributed by atoms with E-state index in [0.29, 0.717) is 17.7 Å². The number of anilines is 1. The van der Waals surface area contributed by atoms with E-state index in [1.54, 1.807) is 0 Å². The second-order valence-electron chi connectivity index (χ2n) is 4.95. The molecular formula is C14H17N3O. The summed E-state index contributed by atoms with van der Waals surface area (Å²) < 4.78 is 5.54. The van der Waals surface area contributed by atoms with Gasteiger partial charge >= 0.3 is 0 Å². The molecule has 4 heteroatoms. The molecule has 0 bridgehead atoms. The number of rotatable bonds is 2. The molecule has 0 radical (unpaired) electrons. The lowest BCUT2D eigenvalue weighted by molar-refractivity contribution is 0.429. The Morgan fingerprint density at radius 1 is 1.33 bits per heavy atom. The quantitative estimate of drug-likeness (QED) is 0.813. The average Bonchev–Trinajstić information content (AvgIpc) is 2.94. The molecule has 1 aromatic heterocycles. The topological polar surface area (TPSA) is 42.2 Å². The summed E-state index contributed by atoms with van der Waals surface area (Å²) in [5.41, 5.74) is 2.69. The molecule has 0 aliphatic carbocycles. The Hall–Kier alpha value is -1.84. The van der Waals surface area contributed by atoms with Crippen molar-refractivity contribution in [2.75, 3.05) is 11.4 Å². The molecule has 0 fully saturated rings. The van der Waals surface area contributed by atoms with Crippen LogP contribution < -0.4 is 4.90 Å². The fourth-order valence-electron chi connectivity index (χ4n) is 2.64. The summed E-state index contributed by atoms with van der Waals surface area (Å²) in [5, 5.41) is 8.04. The van der Waals surface area contributed by atoms with Crippen LogP contribution in [0.25, 0.3) is 0 Å². The summed E-state index contributed by atoms with van der Waals surface area (Å²) in [7, 11) is 0. The minimum atomic E-state index is 0.122. The zero-order chi connectivity index (χ0) is 12.7. The Bertz CT molecular complexity index is 564. The van der Waals surface area contributed by atoms with Crippen molar-refractivity contribution < 1.29 is 4.42 Å². The van der Waals surface area contributed by atoms with Gasteiger partial charge in [0.1, 0.15) is 6.04 Å². The summed E-state index contributed by atoms with van der Waals surface area (Å²) in [5.74, 6) is 1.86. The van der Waals surface area contributed by atoms with E-state index in [1.165, 1.54) is 11.3 Å². The number of benzene rings is 1. The number of aryl methyl sites for hydroxylation is 1. The zero-order valence-corrected chi connectivity index (χ0v) is 10.9. The maximum absolute atomic E-state index is 5.54. The number of hydrogen-bond donors (Lipinski definition) is 0. The van der Waals surface area contributed by atoms with E-state index >= 15 is 0 Å². The predicted molar refractivity (Wildman–Crippen MR) is 69.7 cm³/mol. The molecule has 1 aliphatic rings. The van der Waals surface area contributed by atoms with Crippen molar-refractivity contribution in [3.8, 4) is 0 Å². The summed E-state index contributed by atoms with van der Waals surface area (Å²) in [6, 6.07) is 8.66. The van der Waals surface area contributed by atoms with Gasteiger partial charge in [0.05, 0.1) is 0 Å². The van der Waals surface area contributed by atoms with Gasteiger partial charge in [-0.25, -0.2) is 0 Å². The first kappa shape index (κ1) is 11.3. The summed E-state index contributed by atoms with van der Waals surface area (Å²) >= 11 is 0. The van der Waals surface area contributed by atoms with Crippen LogP contribution in [0.15, 0.2) is 28.7 Å². The molecular weight excluding hydrogens is 226 g/mol. The molecule has 0 saturated heterocycles. The highest BCUT2D eigenvalue weighted by Crippen LogP contribution is 2.40. The van der Waals surface area contributed by atoms with Gasteiger partial charge in [-0.3, -0.25) is 0 Å². The number of para-hydroxylation sites is 1. The van der Waals surface area contributed by atoms with E-state index in [2.05, 4.69) is 53.2 Å². The number of fused-ring (bicyclic) bond motifs is 1. The second kappa shape index (κ2) is 4.12. The van der Waals surface area contributed by atoms with Crippen molar-refractivity contribution in [1.82, 2.24) is 10.2 Å². The van der Waals surface area contributed by atoms with Crippen molar-refractivity contribution in [3.05, 3.63) is 41.6 Å². The summed E-state index contributed by atoms with van der Waals surface area (Å²) in [6.45, 7) is 7.19. The lowest BCUT2D eigenvalue weighted by Gasteiger charge is -2.24. The lowest BCUT2D eigenvalue weighted by Crippen LogP contribution is -2.25. The van der Waals surface area contributed by atoms with E-state index in [1.807, 2.05) is 6.92 Å². The van der Waals surface area contributed by atoms with E-state index < -0.39 is 0 Å². The Balaban J connectivity index is 1.95. The normalized spacial score (nSPS) is 19.9. The van der Waals surface area contributed by atoms with Crippen molar-refractivity contribution in [3.63, 3.8) is 0 Å². The molecule has 1 aliphatic heterocycles. The number of hydrogen-bond acceptors (Lipinski definition) is 4. The third kappa shape index (κ3) is 1.68. The fourth-order valence-corrected chi connectivity index (χ4v) is 2.64. The van der Waals surface area contributed by atoms with Crippen LogP contribution in [0.5, 0.6) is 0 Å². The molecule has 18 heavy (non-hydrogen) atoms. The molecule has 2 aromatic rings. The van der Waals surface area contributed by atoms with Gasteiger partial charge in [0.2, 0.25) is 11.8 Å². The molecule has 94 valence electrons. The molecule has 2 atom stereocenters. The van der Waals surface area contributed by atoms with Gasteiger partial charge in [-0.1, -0.05) is 25.1 Å². The van der Waals surface area contributed by atoms with Gasteiger partial charge in [-0.05, 0) is 18.6 Å². The van der Waals surface area contributed by atoms with Gasteiger partial charge in [0, 0.05) is 25.1 Å². The molecule has 4 nitrogen and oxygen atoms in total. The number of aromatic nitrogens is 2. The highest BCUT2D eigenvalue weighted by molar-refractivity contribution is 5.60. The smallest absolute Gasteiger partial charge is 0.238 e. The Morgan fingerprint density at radius 3 is 2.83 bits per heavy atom. The Labute approximate surface area is 107 Å². The van der Waals surface area contributed by atoms with Crippen LogP contribution in [0.2, 0.25) is 0 Å². The van der Waals surface area contributed by atoms with Crippen molar-refractivity contribution in [2.24, 2.45) is 0 Å². The predicted octanol–water partition coefficient (Wildman–Crippen LogP) is 3.06. The van der Waals surface area contributed by atoms with Crippen LogP contribution in [0.3, 0.4) is 0 Å². The van der Waals surface area contributed by atoms with Gasteiger partial charge < -0.3 is 9.32 Å². The molecule has 0 saturated carbocycles. The van der Waals surface area contributed by atoms with Crippen LogP contribution >= 0.6 is 0 Å². The first-order valence-corrected chi connectivity index (χ1v) is 6.32. The maximum Gasteiger partial charge on any atom is 0.238 e. The highest BCUT2D eigenvalue weighted by atomic mass is 16.4. The fraction of sp³-hybridized carbons (Fsp3) is 0.429. The van der Waals surface area contributed by atoms with Gasteiger partial charge in [-0.15, -0.1) is 10.2 Å². The van der Waals surface area contributed by atoms with Crippen LogP contribution in [0, 0.1) is 6.92 Å². The Kier molecular flexibility index (Phi) is 2.58. The molecule has 0 spiro atoms. The SMILES string of the molecule is Cc1nnc([C@@H](C)N2C[C@H](C)c3ccccc32)o1. The minimum Gasteiger partial charge on any atom is -0.423 e. The first-order valence-electron chi connectivity index (χ1n) is 6.32.